The van der Waals surface area contributed by atoms with Gasteiger partial charge >= 0.3 is 0 Å². The Kier molecular flexibility index (Phi) is 5.21. The molecule has 0 aromatic heterocycles. The SMILES string of the molecule is O=C1C[C@H]([NH+]2CCN(c3ccc([N+](=O)[O-])cc3)CC2)C(=O)N1c1ccc(Cl)cc1. The van der Waals surface area contributed by atoms with Crippen molar-refractivity contribution >= 4 is 40.5 Å². The zero-order valence-electron chi connectivity index (χ0n) is 15.6. The number of rotatable bonds is 4. The molecule has 0 saturated carbocycles. The van der Waals surface area contributed by atoms with Crippen LogP contribution >= 0.6 is 11.6 Å². The minimum atomic E-state index is -0.416. The summed E-state index contributed by atoms with van der Waals surface area (Å²) in [7, 11) is 0. The van der Waals surface area contributed by atoms with Crippen molar-refractivity contribution in [1.82, 2.24) is 0 Å². The Hall–Kier alpha value is -2.97. The predicted molar refractivity (Wildman–Crippen MR) is 108 cm³/mol. The molecule has 8 nitrogen and oxygen atoms in total. The van der Waals surface area contributed by atoms with Gasteiger partial charge in [-0.3, -0.25) is 19.7 Å². The van der Waals surface area contributed by atoms with E-state index in [2.05, 4.69) is 4.90 Å². The first kappa shape index (κ1) is 19.4. The smallest absolute Gasteiger partial charge is 0.292 e. The first-order chi connectivity index (χ1) is 13.9. The number of imide groups is 1. The molecule has 2 aromatic carbocycles. The maximum atomic E-state index is 12.9. The number of nitrogens with zero attached hydrogens (tertiary/aromatic N) is 3. The van der Waals surface area contributed by atoms with Crippen molar-refractivity contribution in [2.45, 2.75) is 12.5 Å². The van der Waals surface area contributed by atoms with E-state index in [0.29, 0.717) is 23.8 Å². The van der Waals surface area contributed by atoms with Crippen LogP contribution in [-0.4, -0.2) is 49.0 Å². The molecule has 1 N–H and O–H groups in total. The minimum Gasteiger partial charge on any atom is -0.360 e. The van der Waals surface area contributed by atoms with Crippen LogP contribution in [0.4, 0.5) is 17.1 Å². The highest BCUT2D eigenvalue weighted by Gasteiger charge is 2.46. The number of non-ortho nitro benzene ring substituents is 1. The van der Waals surface area contributed by atoms with E-state index in [1.165, 1.54) is 17.0 Å². The van der Waals surface area contributed by atoms with Gasteiger partial charge in [-0.25, -0.2) is 4.90 Å². The lowest BCUT2D eigenvalue weighted by atomic mass is 10.1. The molecule has 0 bridgehead atoms. The van der Waals surface area contributed by atoms with Gasteiger partial charge in [0.2, 0.25) is 5.91 Å². The molecule has 0 aliphatic carbocycles. The second-order valence-corrected chi connectivity index (χ2v) is 7.66. The number of piperazine rings is 1. The number of hydrogen-bond acceptors (Lipinski definition) is 5. The van der Waals surface area contributed by atoms with Gasteiger partial charge < -0.3 is 9.80 Å². The summed E-state index contributed by atoms with van der Waals surface area (Å²) in [6, 6.07) is 12.8. The van der Waals surface area contributed by atoms with E-state index in [9.17, 15) is 19.7 Å². The second kappa shape index (κ2) is 7.81. The normalized spacial score (nSPS) is 20.4. The van der Waals surface area contributed by atoms with Crippen molar-refractivity contribution in [3.8, 4) is 0 Å². The summed E-state index contributed by atoms with van der Waals surface area (Å²) in [6.45, 7) is 2.86. The van der Waals surface area contributed by atoms with E-state index < -0.39 is 4.92 Å². The maximum Gasteiger partial charge on any atom is 0.292 e. The van der Waals surface area contributed by atoms with E-state index in [1.54, 1.807) is 36.4 Å². The summed E-state index contributed by atoms with van der Waals surface area (Å²) in [6.07, 6.45) is 0.203. The number of nitro benzene ring substituents is 1. The van der Waals surface area contributed by atoms with Gasteiger partial charge in [0.1, 0.15) is 0 Å². The zero-order valence-corrected chi connectivity index (χ0v) is 16.3. The maximum absolute atomic E-state index is 12.9. The molecule has 150 valence electrons. The number of benzene rings is 2. The molecule has 29 heavy (non-hydrogen) atoms. The van der Waals surface area contributed by atoms with Gasteiger partial charge in [0.25, 0.3) is 11.6 Å². The van der Waals surface area contributed by atoms with Crippen molar-refractivity contribution in [2.24, 2.45) is 0 Å². The van der Waals surface area contributed by atoms with Crippen molar-refractivity contribution in [3.05, 3.63) is 63.7 Å². The number of hydrogen-bond donors (Lipinski definition) is 1. The topological polar surface area (TPSA) is 88.2 Å². The van der Waals surface area contributed by atoms with Crippen LogP contribution in [0.15, 0.2) is 48.5 Å². The largest absolute Gasteiger partial charge is 0.360 e. The Labute approximate surface area is 172 Å². The molecular weight excluding hydrogens is 396 g/mol. The molecule has 2 heterocycles. The number of halogens is 1. The van der Waals surface area contributed by atoms with Crippen molar-refractivity contribution in [2.75, 3.05) is 36.0 Å². The molecule has 2 amide bonds. The van der Waals surface area contributed by atoms with Gasteiger partial charge in [0, 0.05) is 22.8 Å². The number of quaternary nitrogens is 1. The molecule has 4 rings (SSSR count). The molecule has 0 radical (unpaired) electrons. The van der Waals surface area contributed by atoms with Crippen molar-refractivity contribution in [1.29, 1.82) is 0 Å². The fraction of sp³-hybridized carbons (Fsp3) is 0.300. The summed E-state index contributed by atoms with van der Waals surface area (Å²) >= 11 is 5.90. The van der Waals surface area contributed by atoms with E-state index in [-0.39, 0.29) is 30.0 Å². The molecule has 2 saturated heterocycles. The highest BCUT2D eigenvalue weighted by Crippen LogP contribution is 2.24. The number of carbonyl (C=O) groups excluding carboxylic acids is 2. The first-order valence-electron chi connectivity index (χ1n) is 9.40. The van der Waals surface area contributed by atoms with Gasteiger partial charge in [0.15, 0.2) is 6.04 Å². The number of anilines is 2. The summed E-state index contributed by atoms with van der Waals surface area (Å²) in [5.74, 6) is -0.358. The zero-order chi connectivity index (χ0) is 20.5. The summed E-state index contributed by atoms with van der Waals surface area (Å²) in [4.78, 5) is 40.3. The Morgan fingerprint density at radius 1 is 0.966 bits per heavy atom. The van der Waals surface area contributed by atoms with Crippen LogP contribution < -0.4 is 14.7 Å². The molecule has 2 aromatic rings. The molecule has 9 heteroatoms. The Balaban J connectivity index is 1.41. The molecule has 0 spiro atoms. The summed E-state index contributed by atoms with van der Waals surface area (Å²) in [5, 5.41) is 11.4. The minimum absolute atomic E-state index is 0.0652. The van der Waals surface area contributed by atoms with E-state index in [0.717, 1.165) is 23.7 Å². The van der Waals surface area contributed by atoms with Crippen molar-refractivity contribution in [3.63, 3.8) is 0 Å². The van der Waals surface area contributed by atoms with Crippen LogP contribution in [0, 0.1) is 10.1 Å². The average molecular weight is 416 g/mol. The van der Waals surface area contributed by atoms with Gasteiger partial charge in [-0.1, -0.05) is 11.6 Å². The predicted octanol–water partition coefficient (Wildman–Crippen LogP) is 1.29. The molecule has 2 fully saturated rings. The highest BCUT2D eigenvalue weighted by molar-refractivity contribution is 6.30. The first-order valence-corrected chi connectivity index (χ1v) is 9.78. The second-order valence-electron chi connectivity index (χ2n) is 7.22. The third-order valence-electron chi connectivity index (χ3n) is 5.56. The van der Waals surface area contributed by atoms with Gasteiger partial charge in [-0.2, -0.15) is 0 Å². The van der Waals surface area contributed by atoms with Crippen LogP contribution in [0.2, 0.25) is 5.02 Å². The number of nitrogens with one attached hydrogen (secondary N) is 1. The van der Waals surface area contributed by atoms with Crippen molar-refractivity contribution < 1.29 is 19.4 Å². The fourth-order valence-corrected chi connectivity index (χ4v) is 4.12. The van der Waals surface area contributed by atoms with Crippen LogP contribution in [0.25, 0.3) is 0 Å². The van der Waals surface area contributed by atoms with Crippen LogP contribution in [0.1, 0.15) is 6.42 Å². The van der Waals surface area contributed by atoms with Gasteiger partial charge in [-0.05, 0) is 36.4 Å². The lowest BCUT2D eigenvalue weighted by Crippen LogP contribution is -3.19. The number of amides is 2. The monoisotopic (exact) mass is 415 g/mol. The van der Waals surface area contributed by atoms with E-state index >= 15 is 0 Å². The lowest BCUT2D eigenvalue weighted by molar-refractivity contribution is -0.915. The Bertz CT molecular complexity index is 940. The van der Waals surface area contributed by atoms with Gasteiger partial charge in [-0.15, -0.1) is 0 Å². The third kappa shape index (κ3) is 3.81. The van der Waals surface area contributed by atoms with Crippen LogP contribution in [0.5, 0.6) is 0 Å². The third-order valence-corrected chi connectivity index (χ3v) is 5.81. The standard InChI is InChI=1S/C20H19ClN4O4/c21-14-1-3-16(4-2-14)24-19(26)13-18(20(24)27)23-11-9-22(10-12-23)15-5-7-17(8-6-15)25(28)29/h1-8,18H,9-13H2/p+1/t18-/m0/s1. The van der Waals surface area contributed by atoms with E-state index in [4.69, 9.17) is 11.6 Å². The summed E-state index contributed by atoms with van der Waals surface area (Å²) < 4.78 is 0. The highest BCUT2D eigenvalue weighted by atomic mass is 35.5. The van der Waals surface area contributed by atoms with Crippen LogP contribution in [0.3, 0.4) is 0 Å². The fourth-order valence-electron chi connectivity index (χ4n) is 4.00. The average Bonchev–Trinajstić information content (AvgIpc) is 3.03. The Morgan fingerprint density at radius 2 is 1.55 bits per heavy atom. The Morgan fingerprint density at radius 3 is 2.14 bits per heavy atom. The molecule has 0 unspecified atom stereocenters. The van der Waals surface area contributed by atoms with Crippen LogP contribution in [-0.2, 0) is 9.59 Å². The lowest BCUT2D eigenvalue weighted by Gasteiger charge is -2.35. The molecule has 1 atom stereocenters. The molecule has 2 aliphatic heterocycles. The van der Waals surface area contributed by atoms with E-state index in [1.807, 2.05) is 0 Å². The van der Waals surface area contributed by atoms with Gasteiger partial charge in [0.05, 0.1) is 43.2 Å². The summed E-state index contributed by atoms with van der Waals surface area (Å²) in [5.41, 5.74) is 1.54. The molecular formula is C20H20ClN4O4+. The number of carbonyl (C=O) groups is 2. The quantitative estimate of drug-likeness (QED) is 0.462. The number of nitro groups is 1. The molecule has 2 aliphatic rings.